The second kappa shape index (κ2) is 7.79. The van der Waals surface area contributed by atoms with Gasteiger partial charge in [0.05, 0.1) is 17.3 Å². The highest BCUT2D eigenvalue weighted by atomic mass is 32.2. The minimum Gasteiger partial charge on any atom is -0.382 e. The van der Waals surface area contributed by atoms with E-state index < -0.39 is 10.0 Å². The fourth-order valence-electron chi connectivity index (χ4n) is 3.29. The number of sulfonamides is 1. The molecule has 2 heterocycles. The Morgan fingerprint density at radius 1 is 1.30 bits per heavy atom. The zero-order chi connectivity index (χ0) is 19.6. The Balaban J connectivity index is 1.96. The Hall–Kier alpha value is -2.23. The number of rotatable bonds is 8. The Kier molecular flexibility index (Phi) is 5.64. The van der Waals surface area contributed by atoms with E-state index in [1.54, 1.807) is 7.11 Å². The number of fused-ring (bicyclic) bond motifs is 3. The van der Waals surface area contributed by atoms with Gasteiger partial charge in [-0.15, -0.1) is 0 Å². The molecule has 0 unspecified atom stereocenters. The predicted molar refractivity (Wildman–Crippen MR) is 107 cm³/mol. The molecule has 3 N–H and O–H groups in total. The first-order valence-corrected chi connectivity index (χ1v) is 10.7. The van der Waals surface area contributed by atoms with Gasteiger partial charge in [-0.1, -0.05) is 12.1 Å². The Bertz CT molecular complexity index is 1080. The van der Waals surface area contributed by atoms with Crippen LogP contribution in [0.4, 0.5) is 5.82 Å². The van der Waals surface area contributed by atoms with Gasteiger partial charge in [0.25, 0.3) is 0 Å². The number of benzene rings is 1. The van der Waals surface area contributed by atoms with Gasteiger partial charge in [0.1, 0.15) is 17.9 Å². The van der Waals surface area contributed by atoms with Gasteiger partial charge in [-0.25, -0.2) is 23.1 Å². The number of aromatic nitrogens is 3. The zero-order valence-electron chi connectivity index (χ0n) is 15.8. The summed E-state index contributed by atoms with van der Waals surface area (Å²) in [7, 11) is -1.51. The van der Waals surface area contributed by atoms with Crippen LogP contribution in [0.1, 0.15) is 24.7 Å². The van der Waals surface area contributed by atoms with Crippen molar-refractivity contribution in [3.63, 3.8) is 0 Å². The number of pyridine rings is 1. The Labute approximate surface area is 158 Å². The molecule has 0 aliphatic rings. The number of imidazole rings is 1. The lowest BCUT2D eigenvalue weighted by Crippen LogP contribution is -2.23. The molecule has 0 bridgehead atoms. The molecule has 9 heteroatoms. The third-order valence-electron chi connectivity index (χ3n) is 4.44. The molecular weight excluding hydrogens is 366 g/mol. The summed E-state index contributed by atoms with van der Waals surface area (Å²) in [6, 6.07) is 6.09. The van der Waals surface area contributed by atoms with E-state index in [2.05, 4.69) is 26.2 Å². The van der Waals surface area contributed by atoms with Crippen LogP contribution in [0, 0.1) is 0 Å². The van der Waals surface area contributed by atoms with Crippen LogP contribution in [-0.4, -0.2) is 42.9 Å². The first-order valence-electron chi connectivity index (χ1n) is 8.84. The smallest absolute Gasteiger partial charge is 0.208 e. The molecule has 1 aromatic carbocycles. The van der Waals surface area contributed by atoms with E-state index in [4.69, 9.17) is 10.5 Å². The number of nitrogens with one attached hydrogen (secondary N) is 1. The largest absolute Gasteiger partial charge is 0.382 e. The van der Waals surface area contributed by atoms with Crippen molar-refractivity contribution in [1.82, 2.24) is 19.3 Å². The normalized spacial score (nSPS) is 12.3. The Morgan fingerprint density at radius 3 is 2.74 bits per heavy atom. The predicted octanol–water partition coefficient (Wildman–Crippen LogP) is 1.81. The summed E-state index contributed by atoms with van der Waals surface area (Å²) in [5.41, 5.74) is 9.74. The number of nitrogen functional groups attached to an aromatic ring is 1. The maximum Gasteiger partial charge on any atom is 0.208 e. The van der Waals surface area contributed by atoms with Gasteiger partial charge in [-0.3, -0.25) is 0 Å². The lowest BCUT2D eigenvalue weighted by molar-refractivity contribution is 0.175. The number of ether oxygens (including phenoxy) is 1. The number of hydrogen-bond acceptors (Lipinski definition) is 6. The molecule has 0 amide bonds. The number of hydrogen-bond donors (Lipinski definition) is 2. The van der Waals surface area contributed by atoms with Crippen LogP contribution in [0.25, 0.3) is 21.9 Å². The van der Waals surface area contributed by atoms with E-state index in [0.29, 0.717) is 30.9 Å². The fraction of sp³-hybridized carbons (Fsp3) is 0.444. The summed E-state index contributed by atoms with van der Waals surface area (Å²) < 4.78 is 32.1. The highest BCUT2D eigenvalue weighted by molar-refractivity contribution is 7.88. The summed E-state index contributed by atoms with van der Waals surface area (Å²) in [6.45, 7) is 3.64. The first kappa shape index (κ1) is 19.5. The molecular formula is C18H25N5O3S. The van der Waals surface area contributed by atoms with E-state index in [1.165, 1.54) is 0 Å². The van der Waals surface area contributed by atoms with Gasteiger partial charge in [0.15, 0.2) is 5.82 Å². The minimum atomic E-state index is -3.15. The lowest BCUT2D eigenvalue weighted by atomic mass is 10.1. The molecule has 0 saturated carbocycles. The van der Waals surface area contributed by atoms with Crippen LogP contribution in [0.5, 0.6) is 0 Å². The molecule has 0 radical (unpaired) electrons. The highest BCUT2D eigenvalue weighted by Crippen LogP contribution is 2.29. The van der Waals surface area contributed by atoms with Crippen LogP contribution in [0.3, 0.4) is 0 Å². The quantitative estimate of drug-likeness (QED) is 0.567. The average molecular weight is 391 g/mol. The van der Waals surface area contributed by atoms with E-state index in [9.17, 15) is 8.42 Å². The highest BCUT2D eigenvalue weighted by Gasteiger charge is 2.16. The van der Waals surface area contributed by atoms with Crippen molar-refractivity contribution < 1.29 is 13.2 Å². The number of nitrogens with zero attached hydrogens (tertiary/aromatic N) is 3. The van der Waals surface area contributed by atoms with Crippen molar-refractivity contribution in [2.75, 3.05) is 25.6 Å². The molecule has 0 saturated heterocycles. The number of anilines is 1. The number of nitrogens with two attached hydrogens (primary N) is 1. The summed E-state index contributed by atoms with van der Waals surface area (Å²) >= 11 is 0. The zero-order valence-corrected chi connectivity index (χ0v) is 16.6. The third-order valence-corrected chi connectivity index (χ3v) is 5.17. The molecule has 0 aliphatic heterocycles. The minimum absolute atomic E-state index is 0.401. The topological polar surface area (TPSA) is 112 Å². The van der Waals surface area contributed by atoms with E-state index in [-0.39, 0.29) is 0 Å². The molecule has 2 aromatic heterocycles. The maximum atomic E-state index is 11.1. The molecule has 3 rings (SSSR count). The Morgan fingerprint density at radius 2 is 2.07 bits per heavy atom. The van der Waals surface area contributed by atoms with Crippen molar-refractivity contribution in [1.29, 1.82) is 0 Å². The van der Waals surface area contributed by atoms with E-state index >= 15 is 0 Å². The molecule has 0 spiro atoms. The van der Waals surface area contributed by atoms with Crippen molar-refractivity contribution >= 4 is 37.8 Å². The van der Waals surface area contributed by atoms with Gasteiger partial charge < -0.3 is 15.0 Å². The summed E-state index contributed by atoms with van der Waals surface area (Å²) in [5, 5.41) is 0.994. The summed E-state index contributed by atoms with van der Waals surface area (Å²) in [6.07, 6.45) is 2.62. The summed E-state index contributed by atoms with van der Waals surface area (Å²) in [5.74, 6) is 1.23. The summed E-state index contributed by atoms with van der Waals surface area (Å²) in [4.78, 5) is 9.14. The van der Waals surface area contributed by atoms with E-state index in [0.717, 1.165) is 47.0 Å². The average Bonchev–Trinajstić information content (AvgIpc) is 2.97. The SMILES string of the molecule is CCn1c(COC)nc2c(N)nc3cc(CCCNS(C)(=O)=O)ccc3c21. The van der Waals surface area contributed by atoms with Crippen LogP contribution in [-0.2, 0) is 34.3 Å². The first-order chi connectivity index (χ1) is 12.8. The van der Waals surface area contributed by atoms with Gasteiger partial charge in [-0.2, -0.15) is 0 Å². The third kappa shape index (κ3) is 4.20. The molecule has 8 nitrogen and oxygen atoms in total. The van der Waals surface area contributed by atoms with Crippen LogP contribution < -0.4 is 10.5 Å². The van der Waals surface area contributed by atoms with Crippen LogP contribution >= 0.6 is 0 Å². The fourth-order valence-corrected chi connectivity index (χ4v) is 3.80. The molecule has 146 valence electrons. The second-order valence-corrected chi connectivity index (χ2v) is 8.35. The number of aryl methyl sites for hydroxylation is 2. The maximum absolute atomic E-state index is 11.1. The van der Waals surface area contributed by atoms with Gasteiger partial charge >= 0.3 is 0 Å². The van der Waals surface area contributed by atoms with Gasteiger partial charge in [-0.05, 0) is 31.4 Å². The van der Waals surface area contributed by atoms with Crippen LogP contribution in [0.2, 0.25) is 0 Å². The number of methoxy groups -OCH3 is 1. The molecule has 0 fully saturated rings. The van der Waals surface area contributed by atoms with Gasteiger partial charge in [0.2, 0.25) is 10.0 Å². The van der Waals surface area contributed by atoms with Crippen molar-refractivity contribution in [3.05, 3.63) is 29.6 Å². The lowest BCUT2D eigenvalue weighted by Gasteiger charge is -2.09. The molecule has 0 atom stereocenters. The molecule has 27 heavy (non-hydrogen) atoms. The standard InChI is InChI=1S/C18H25N5O3S/c1-4-23-15(11-26-2)22-16-17(23)13-8-7-12(10-14(13)21-18(16)19)6-5-9-20-27(3,24)25/h7-8,10,20H,4-6,9,11H2,1-3H3,(H2,19,21). The molecule has 3 aromatic rings. The van der Waals surface area contributed by atoms with E-state index in [1.807, 2.05) is 18.2 Å². The van der Waals surface area contributed by atoms with Crippen molar-refractivity contribution in [2.24, 2.45) is 0 Å². The van der Waals surface area contributed by atoms with Crippen molar-refractivity contribution in [2.45, 2.75) is 32.9 Å². The van der Waals surface area contributed by atoms with Crippen molar-refractivity contribution in [3.8, 4) is 0 Å². The monoisotopic (exact) mass is 391 g/mol. The van der Waals surface area contributed by atoms with Gasteiger partial charge in [0, 0.05) is 25.6 Å². The second-order valence-electron chi connectivity index (χ2n) is 6.52. The van der Waals surface area contributed by atoms with Crippen LogP contribution in [0.15, 0.2) is 18.2 Å². The molecule has 0 aliphatic carbocycles.